The fraction of sp³-hybridized carbons (Fsp3) is 0.625. The number of rotatable bonds is 11. The van der Waals surface area contributed by atoms with E-state index in [1.165, 1.54) is 0 Å². The maximum atomic E-state index is 12.7. The van der Waals surface area contributed by atoms with E-state index in [2.05, 4.69) is 10.6 Å². The van der Waals surface area contributed by atoms with Gasteiger partial charge in [-0.3, -0.25) is 24.0 Å². The Morgan fingerprint density at radius 1 is 1.00 bits per heavy atom. The van der Waals surface area contributed by atoms with Crippen LogP contribution in [0.1, 0.15) is 25.7 Å². The molecule has 1 aliphatic rings. The SMILES string of the molecule is NC(=O)CC(N)C(=O)NC(CO)C(=O)N1CCCC1C(=O)NC(CC(N)=O)C(=O)O. The van der Waals surface area contributed by atoms with Crippen LogP contribution in [-0.2, 0) is 28.8 Å². The summed E-state index contributed by atoms with van der Waals surface area (Å²) in [6.45, 7) is -0.692. The third kappa shape index (κ3) is 6.97. The van der Waals surface area contributed by atoms with Crippen LogP contribution in [0.25, 0.3) is 0 Å². The van der Waals surface area contributed by atoms with E-state index in [-0.39, 0.29) is 13.0 Å². The number of aliphatic carboxylic acids is 1. The second-order valence-electron chi connectivity index (χ2n) is 6.78. The van der Waals surface area contributed by atoms with E-state index in [1.54, 1.807) is 0 Å². The van der Waals surface area contributed by atoms with E-state index in [9.17, 15) is 33.9 Å². The summed E-state index contributed by atoms with van der Waals surface area (Å²) in [7, 11) is 0. The van der Waals surface area contributed by atoms with Crippen LogP contribution in [0.5, 0.6) is 0 Å². The zero-order chi connectivity index (χ0) is 23.0. The number of carbonyl (C=O) groups is 6. The number of aliphatic hydroxyl groups is 1. The number of primary amides is 2. The summed E-state index contributed by atoms with van der Waals surface area (Å²) in [6.07, 6.45) is -0.489. The van der Waals surface area contributed by atoms with Crippen molar-refractivity contribution in [3.8, 4) is 0 Å². The fourth-order valence-corrected chi connectivity index (χ4v) is 2.95. The highest BCUT2D eigenvalue weighted by Crippen LogP contribution is 2.19. The Morgan fingerprint density at radius 2 is 1.60 bits per heavy atom. The van der Waals surface area contributed by atoms with Crippen molar-refractivity contribution in [1.29, 1.82) is 0 Å². The molecule has 1 heterocycles. The molecule has 1 saturated heterocycles. The zero-order valence-corrected chi connectivity index (χ0v) is 16.1. The van der Waals surface area contributed by atoms with Gasteiger partial charge >= 0.3 is 5.97 Å². The Labute approximate surface area is 171 Å². The standard InChI is InChI=1S/C16H26N6O8/c17-7(4-11(18)24)13(26)21-9(6-23)15(28)22-3-1-2-10(22)14(27)20-8(16(29)30)5-12(19)25/h7-10,23H,1-6,17H2,(H2,18,24)(H2,19,25)(H,20,27)(H,21,26)(H,29,30). The number of aliphatic hydroxyl groups excluding tert-OH is 1. The predicted molar refractivity (Wildman–Crippen MR) is 98.9 cm³/mol. The highest BCUT2D eigenvalue weighted by Gasteiger charge is 2.39. The van der Waals surface area contributed by atoms with Gasteiger partial charge in [0.2, 0.25) is 29.5 Å². The van der Waals surface area contributed by atoms with Gasteiger partial charge in [-0.15, -0.1) is 0 Å². The number of nitrogens with two attached hydrogens (primary N) is 3. The van der Waals surface area contributed by atoms with E-state index in [4.69, 9.17) is 22.3 Å². The molecule has 4 atom stereocenters. The summed E-state index contributed by atoms with van der Waals surface area (Å²) in [5.41, 5.74) is 15.4. The molecule has 4 unspecified atom stereocenters. The Kier molecular flexibility index (Phi) is 9.14. The average molecular weight is 430 g/mol. The molecule has 5 amide bonds. The van der Waals surface area contributed by atoms with Crippen LogP contribution in [0, 0.1) is 0 Å². The van der Waals surface area contributed by atoms with Crippen LogP contribution in [0.4, 0.5) is 0 Å². The minimum absolute atomic E-state index is 0.115. The Bertz CT molecular complexity index is 714. The molecule has 0 bridgehead atoms. The lowest BCUT2D eigenvalue weighted by atomic mass is 10.1. The molecular weight excluding hydrogens is 404 g/mol. The molecule has 168 valence electrons. The maximum Gasteiger partial charge on any atom is 0.326 e. The topological polar surface area (TPSA) is 248 Å². The first-order valence-corrected chi connectivity index (χ1v) is 9.05. The van der Waals surface area contributed by atoms with Gasteiger partial charge in [-0.05, 0) is 12.8 Å². The molecule has 1 aliphatic heterocycles. The number of carboxylic acids is 1. The minimum Gasteiger partial charge on any atom is -0.480 e. The average Bonchev–Trinajstić information content (AvgIpc) is 3.13. The Balaban J connectivity index is 2.84. The second kappa shape index (κ2) is 11.1. The number of nitrogens with zero attached hydrogens (tertiary/aromatic N) is 1. The number of hydrogen-bond donors (Lipinski definition) is 7. The third-order valence-electron chi connectivity index (χ3n) is 4.41. The molecule has 14 nitrogen and oxygen atoms in total. The van der Waals surface area contributed by atoms with Gasteiger partial charge in [-0.25, -0.2) is 4.79 Å². The van der Waals surface area contributed by atoms with Crippen LogP contribution < -0.4 is 27.8 Å². The zero-order valence-electron chi connectivity index (χ0n) is 16.1. The van der Waals surface area contributed by atoms with Crippen molar-refractivity contribution in [2.24, 2.45) is 17.2 Å². The molecule has 0 spiro atoms. The number of likely N-dealkylation sites (tertiary alicyclic amines) is 1. The molecule has 30 heavy (non-hydrogen) atoms. The van der Waals surface area contributed by atoms with Gasteiger partial charge in [-0.2, -0.15) is 0 Å². The molecule has 0 aliphatic carbocycles. The maximum absolute atomic E-state index is 12.7. The van der Waals surface area contributed by atoms with E-state index >= 15 is 0 Å². The number of hydrogen-bond acceptors (Lipinski definition) is 8. The number of nitrogens with one attached hydrogen (secondary N) is 2. The molecule has 0 aromatic carbocycles. The van der Waals surface area contributed by atoms with Crippen LogP contribution in [0.15, 0.2) is 0 Å². The first-order valence-electron chi connectivity index (χ1n) is 9.05. The molecule has 10 N–H and O–H groups in total. The summed E-state index contributed by atoms with van der Waals surface area (Å²) in [6, 6.07) is -5.40. The highest BCUT2D eigenvalue weighted by molar-refractivity contribution is 5.96. The number of carboxylic acid groups (broad SMARTS) is 1. The molecule has 1 fully saturated rings. The summed E-state index contributed by atoms with van der Waals surface area (Å²) in [5.74, 6) is -5.74. The largest absolute Gasteiger partial charge is 0.480 e. The molecule has 1 rings (SSSR count). The first kappa shape index (κ1) is 24.8. The van der Waals surface area contributed by atoms with Gasteiger partial charge in [0.05, 0.1) is 25.5 Å². The molecule has 0 saturated carbocycles. The molecule has 0 radical (unpaired) electrons. The predicted octanol–water partition coefficient (Wildman–Crippen LogP) is -4.90. The first-order chi connectivity index (χ1) is 14.0. The van der Waals surface area contributed by atoms with Crippen molar-refractivity contribution in [2.45, 2.75) is 49.9 Å². The normalized spacial score (nSPS) is 18.7. The fourth-order valence-electron chi connectivity index (χ4n) is 2.95. The Morgan fingerprint density at radius 3 is 2.10 bits per heavy atom. The van der Waals surface area contributed by atoms with Gasteiger partial charge in [0, 0.05) is 6.54 Å². The van der Waals surface area contributed by atoms with Gasteiger partial charge in [0.25, 0.3) is 0 Å². The second-order valence-corrected chi connectivity index (χ2v) is 6.78. The van der Waals surface area contributed by atoms with Crippen LogP contribution in [0.2, 0.25) is 0 Å². The minimum atomic E-state index is -1.56. The van der Waals surface area contributed by atoms with Crippen molar-refractivity contribution in [3.63, 3.8) is 0 Å². The van der Waals surface area contributed by atoms with E-state index in [1.807, 2.05) is 0 Å². The van der Waals surface area contributed by atoms with Crippen molar-refractivity contribution < 1.29 is 39.0 Å². The summed E-state index contributed by atoms with van der Waals surface area (Å²) in [4.78, 5) is 71.3. The summed E-state index contributed by atoms with van der Waals surface area (Å²) < 4.78 is 0. The quantitative estimate of drug-likeness (QED) is 0.166. The summed E-state index contributed by atoms with van der Waals surface area (Å²) in [5, 5.41) is 22.9. The lowest BCUT2D eigenvalue weighted by molar-refractivity contribution is -0.146. The van der Waals surface area contributed by atoms with Crippen LogP contribution in [-0.4, -0.2) is 87.9 Å². The molecule has 14 heteroatoms. The van der Waals surface area contributed by atoms with Crippen LogP contribution in [0.3, 0.4) is 0 Å². The van der Waals surface area contributed by atoms with Gasteiger partial charge < -0.3 is 42.9 Å². The number of carbonyl (C=O) groups excluding carboxylic acids is 5. The van der Waals surface area contributed by atoms with Gasteiger partial charge in [-0.1, -0.05) is 0 Å². The third-order valence-corrected chi connectivity index (χ3v) is 4.41. The lowest BCUT2D eigenvalue weighted by Gasteiger charge is -2.29. The molecule has 0 aromatic heterocycles. The van der Waals surface area contributed by atoms with E-state index in [0.717, 1.165) is 4.90 Å². The van der Waals surface area contributed by atoms with Crippen molar-refractivity contribution in [3.05, 3.63) is 0 Å². The monoisotopic (exact) mass is 430 g/mol. The Hall–Kier alpha value is -3.26. The van der Waals surface area contributed by atoms with E-state index in [0.29, 0.717) is 6.42 Å². The van der Waals surface area contributed by atoms with Crippen molar-refractivity contribution >= 4 is 35.5 Å². The van der Waals surface area contributed by atoms with Gasteiger partial charge in [0.1, 0.15) is 18.1 Å². The summed E-state index contributed by atoms with van der Waals surface area (Å²) >= 11 is 0. The molecule has 0 aromatic rings. The highest BCUT2D eigenvalue weighted by atomic mass is 16.4. The lowest BCUT2D eigenvalue weighted by Crippen LogP contribution is -2.58. The van der Waals surface area contributed by atoms with E-state index < -0.39 is 79.1 Å². The molecular formula is C16H26N6O8. The van der Waals surface area contributed by atoms with Crippen LogP contribution >= 0.6 is 0 Å². The van der Waals surface area contributed by atoms with Gasteiger partial charge in [0.15, 0.2) is 0 Å². The van der Waals surface area contributed by atoms with Crippen molar-refractivity contribution in [2.75, 3.05) is 13.2 Å². The van der Waals surface area contributed by atoms with Crippen molar-refractivity contribution in [1.82, 2.24) is 15.5 Å². The number of amides is 5. The smallest absolute Gasteiger partial charge is 0.326 e.